The Kier molecular flexibility index (Phi) is 3.85. The molecular weight excluding hydrogens is 340 g/mol. The molecule has 138 valence electrons. The monoisotopic (exact) mass is 362 g/mol. The average molecular weight is 362 g/mol. The number of fused-ring (bicyclic) bond motifs is 1. The minimum absolute atomic E-state index is 0.0000893. The maximum atomic E-state index is 13.1. The van der Waals surface area contributed by atoms with Gasteiger partial charge in [0.25, 0.3) is 11.5 Å². The van der Waals surface area contributed by atoms with Crippen molar-refractivity contribution in [2.75, 3.05) is 6.54 Å². The number of carbonyl (C=O) groups excluding carboxylic acids is 1. The van der Waals surface area contributed by atoms with E-state index >= 15 is 0 Å². The normalized spacial score (nSPS) is 19.7. The maximum Gasteiger partial charge on any atom is 0.270 e. The van der Waals surface area contributed by atoms with Gasteiger partial charge in [0.1, 0.15) is 5.69 Å². The first-order valence-electron chi connectivity index (χ1n) is 9.66. The molecule has 1 aliphatic carbocycles. The van der Waals surface area contributed by atoms with Gasteiger partial charge in [0.05, 0.1) is 18.3 Å². The van der Waals surface area contributed by atoms with E-state index in [9.17, 15) is 9.59 Å². The Hall–Kier alpha value is -2.89. The van der Waals surface area contributed by atoms with Crippen LogP contribution in [0.5, 0.6) is 0 Å². The van der Waals surface area contributed by atoms with Gasteiger partial charge >= 0.3 is 0 Å². The Morgan fingerprint density at radius 2 is 2.00 bits per heavy atom. The van der Waals surface area contributed by atoms with Gasteiger partial charge in [0.2, 0.25) is 0 Å². The molecule has 2 aliphatic rings. The highest BCUT2D eigenvalue weighted by Crippen LogP contribution is 2.38. The molecule has 27 heavy (non-hydrogen) atoms. The molecule has 1 aromatic carbocycles. The van der Waals surface area contributed by atoms with Crippen LogP contribution in [-0.4, -0.2) is 38.2 Å². The first-order chi connectivity index (χ1) is 13.2. The molecule has 1 unspecified atom stereocenters. The van der Waals surface area contributed by atoms with Crippen LogP contribution in [0.1, 0.15) is 47.8 Å². The number of nitrogens with zero attached hydrogens (tertiary/aromatic N) is 3. The minimum atomic E-state index is -0.0932. The zero-order chi connectivity index (χ0) is 18.4. The van der Waals surface area contributed by atoms with Crippen molar-refractivity contribution in [1.29, 1.82) is 0 Å². The van der Waals surface area contributed by atoms with E-state index in [4.69, 9.17) is 0 Å². The molecule has 0 radical (unpaired) electrons. The summed E-state index contributed by atoms with van der Waals surface area (Å²) < 4.78 is 1.55. The Labute approximate surface area is 156 Å². The maximum absolute atomic E-state index is 13.1. The van der Waals surface area contributed by atoms with Crippen molar-refractivity contribution >= 4 is 16.8 Å². The number of hydrogen-bond donors (Lipinski definition) is 1. The zero-order valence-corrected chi connectivity index (χ0v) is 15.1. The van der Waals surface area contributed by atoms with Gasteiger partial charge < -0.3 is 9.88 Å². The third-order valence-corrected chi connectivity index (χ3v) is 5.66. The molecule has 1 aliphatic heterocycles. The lowest BCUT2D eigenvalue weighted by Crippen LogP contribution is -2.40. The first kappa shape index (κ1) is 16.3. The Morgan fingerprint density at radius 3 is 2.81 bits per heavy atom. The number of carbonyl (C=O) groups is 1. The topological polar surface area (TPSA) is 71.0 Å². The number of H-pyrrole nitrogens is 1. The fraction of sp³-hybridized carbons (Fsp3) is 0.381. The molecule has 6 nitrogen and oxygen atoms in total. The summed E-state index contributed by atoms with van der Waals surface area (Å²) in [6, 6.07) is 13.3. The quantitative estimate of drug-likeness (QED) is 0.776. The van der Waals surface area contributed by atoms with E-state index < -0.39 is 0 Å². The third-order valence-electron chi connectivity index (χ3n) is 5.66. The Morgan fingerprint density at radius 1 is 1.15 bits per heavy atom. The molecule has 0 spiro atoms. The second-order valence-electron chi connectivity index (χ2n) is 7.62. The summed E-state index contributed by atoms with van der Waals surface area (Å²) in [6.45, 7) is 1.18. The van der Waals surface area contributed by atoms with Crippen molar-refractivity contribution in [3.05, 3.63) is 64.2 Å². The largest absolute Gasteiger partial charge is 0.351 e. The van der Waals surface area contributed by atoms with Crippen LogP contribution in [0.2, 0.25) is 0 Å². The van der Waals surface area contributed by atoms with E-state index in [0.29, 0.717) is 18.2 Å². The second-order valence-corrected chi connectivity index (χ2v) is 7.62. The van der Waals surface area contributed by atoms with Crippen molar-refractivity contribution in [2.24, 2.45) is 0 Å². The molecule has 1 atom stereocenters. The van der Waals surface area contributed by atoms with Crippen LogP contribution in [-0.2, 0) is 6.54 Å². The van der Waals surface area contributed by atoms with Gasteiger partial charge in [0, 0.05) is 29.4 Å². The molecule has 3 aromatic rings. The molecule has 1 N–H and O–H groups in total. The lowest BCUT2D eigenvalue weighted by atomic mass is 10.2. The summed E-state index contributed by atoms with van der Waals surface area (Å²) in [4.78, 5) is 30.4. The minimum Gasteiger partial charge on any atom is -0.351 e. The van der Waals surface area contributed by atoms with E-state index in [1.165, 1.54) is 0 Å². The average Bonchev–Trinajstić information content (AvgIpc) is 3.27. The molecular formula is C21H22N4O2. The summed E-state index contributed by atoms with van der Waals surface area (Å²) in [7, 11) is 0. The number of hydrogen-bond acceptors (Lipinski definition) is 3. The molecule has 5 rings (SSSR count). The molecule has 1 saturated carbocycles. The fourth-order valence-corrected chi connectivity index (χ4v) is 4.03. The highest BCUT2D eigenvalue weighted by Gasteiger charge is 2.31. The van der Waals surface area contributed by atoms with Crippen molar-refractivity contribution in [1.82, 2.24) is 19.7 Å². The highest BCUT2D eigenvalue weighted by molar-refractivity contribution is 5.98. The smallest absolute Gasteiger partial charge is 0.270 e. The molecule has 2 fully saturated rings. The molecule has 6 heteroatoms. The zero-order valence-electron chi connectivity index (χ0n) is 15.1. The van der Waals surface area contributed by atoms with Crippen LogP contribution in [0.25, 0.3) is 10.9 Å². The number of rotatable bonds is 4. The molecule has 1 saturated heterocycles. The fourth-order valence-electron chi connectivity index (χ4n) is 4.03. The number of nitrogens with one attached hydrogen (secondary N) is 1. The number of aromatic nitrogens is 3. The first-order valence-corrected chi connectivity index (χ1v) is 9.66. The van der Waals surface area contributed by atoms with Gasteiger partial charge in [-0.3, -0.25) is 9.59 Å². The summed E-state index contributed by atoms with van der Waals surface area (Å²) in [5.41, 5.74) is 2.48. The standard InChI is InChI=1S/C21H22N4O2/c26-20-10-9-18(14-7-8-14)23-25(20)13-16-5-3-11-24(16)21(27)19-12-15-4-1-2-6-17(15)22-19/h1-2,4,6,9-10,12,14,16,22H,3,5,7-8,11,13H2. The molecule has 0 bridgehead atoms. The van der Waals surface area contributed by atoms with Gasteiger partial charge in [-0.15, -0.1) is 0 Å². The van der Waals surface area contributed by atoms with Crippen molar-refractivity contribution in [3.63, 3.8) is 0 Å². The van der Waals surface area contributed by atoms with E-state index in [0.717, 1.165) is 48.8 Å². The predicted octanol–water partition coefficient (Wildman–Crippen LogP) is 2.91. The van der Waals surface area contributed by atoms with Crippen molar-refractivity contribution in [2.45, 2.75) is 44.2 Å². The van der Waals surface area contributed by atoms with Crippen LogP contribution >= 0.6 is 0 Å². The molecule has 3 heterocycles. The van der Waals surface area contributed by atoms with Gasteiger partial charge in [-0.25, -0.2) is 4.68 Å². The summed E-state index contributed by atoms with van der Waals surface area (Å²) >= 11 is 0. The number of amides is 1. The van der Waals surface area contributed by atoms with E-state index in [1.807, 2.05) is 41.3 Å². The van der Waals surface area contributed by atoms with Gasteiger partial charge in [-0.05, 0) is 43.9 Å². The van der Waals surface area contributed by atoms with Crippen LogP contribution in [0.4, 0.5) is 0 Å². The van der Waals surface area contributed by atoms with Crippen LogP contribution < -0.4 is 5.56 Å². The van der Waals surface area contributed by atoms with E-state index in [-0.39, 0.29) is 17.5 Å². The predicted molar refractivity (Wildman–Crippen MR) is 103 cm³/mol. The second kappa shape index (κ2) is 6.37. The van der Waals surface area contributed by atoms with E-state index in [1.54, 1.807) is 10.7 Å². The molecule has 1 amide bonds. The molecule has 2 aromatic heterocycles. The Bertz CT molecular complexity index is 1030. The number of benzene rings is 1. The highest BCUT2D eigenvalue weighted by atomic mass is 16.2. The lowest BCUT2D eigenvalue weighted by molar-refractivity contribution is 0.0715. The van der Waals surface area contributed by atoms with Gasteiger partial charge in [-0.2, -0.15) is 5.10 Å². The number of aromatic amines is 1. The number of para-hydroxylation sites is 1. The van der Waals surface area contributed by atoms with Crippen molar-refractivity contribution in [3.8, 4) is 0 Å². The Balaban J connectivity index is 1.39. The van der Waals surface area contributed by atoms with Gasteiger partial charge in [0.15, 0.2) is 0 Å². The summed E-state index contributed by atoms with van der Waals surface area (Å²) in [6.07, 6.45) is 4.15. The van der Waals surface area contributed by atoms with Gasteiger partial charge in [-0.1, -0.05) is 18.2 Å². The van der Waals surface area contributed by atoms with Crippen molar-refractivity contribution < 1.29 is 4.79 Å². The van der Waals surface area contributed by atoms with E-state index in [2.05, 4.69) is 10.1 Å². The summed E-state index contributed by atoms with van der Waals surface area (Å²) in [5.74, 6) is 0.504. The van der Waals surface area contributed by atoms with Crippen LogP contribution in [0, 0.1) is 0 Å². The summed E-state index contributed by atoms with van der Waals surface area (Å²) in [5, 5.41) is 5.59. The van der Waals surface area contributed by atoms with Crippen LogP contribution in [0.3, 0.4) is 0 Å². The van der Waals surface area contributed by atoms with Crippen LogP contribution in [0.15, 0.2) is 47.3 Å². The number of likely N-dealkylation sites (tertiary alicyclic amines) is 1. The third kappa shape index (κ3) is 3.05. The lowest BCUT2D eigenvalue weighted by Gasteiger charge is -2.24. The SMILES string of the molecule is O=C(c1cc2ccccc2[nH]1)N1CCCC1Cn1nc(C2CC2)ccc1=O.